The molecule has 8 heteroatoms. The first kappa shape index (κ1) is 22.7. The number of fused-ring (bicyclic) bond motifs is 1. The van der Waals surface area contributed by atoms with E-state index in [1.807, 2.05) is 55.6 Å². The van der Waals surface area contributed by atoms with Crippen molar-refractivity contribution >= 4 is 23.1 Å². The molecule has 0 aliphatic heterocycles. The first-order valence-corrected chi connectivity index (χ1v) is 10.8. The van der Waals surface area contributed by atoms with Gasteiger partial charge in [-0.15, -0.1) is 0 Å². The lowest BCUT2D eigenvalue weighted by molar-refractivity contribution is -0.116. The number of pyridine rings is 1. The Bertz CT molecular complexity index is 1440. The van der Waals surface area contributed by atoms with Gasteiger partial charge >= 0.3 is 0 Å². The largest absolute Gasteiger partial charge is 0.336 e. The van der Waals surface area contributed by atoms with Gasteiger partial charge in [-0.05, 0) is 63.4 Å². The Morgan fingerprint density at radius 3 is 2.53 bits per heavy atom. The van der Waals surface area contributed by atoms with Crippen molar-refractivity contribution in [3.63, 3.8) is 0 Å². The van der Waals surface area contributed by atoms with E-state index in [0.29, 0.717) is 17.2 Å². The highest BCUT2D eigenvalue weighted by molar-refractivity contribution is 6.04. The van der Waals surface area contributed by atoms with Crippen LogP contribution in [-0.2, 0) is 4.79 Å². The van der Waals surface area contributed by atoms with Gasteiger partial charge in [-0.2, -0.15) is 0 Å². The summed E-state index contributed by atoms with van der Waals surface area (Å²) in [6.45, 7) is 7.32. The summed E-state index contributed by atoms with van der Waals surface area (Å²) in [6, 6.07) is 10.5. The predicted molar refractivity (Wildman–Crippen MR) is 130 cm³/mol. The van der Waals surface area contributed by atoms with Crippen molar-refractivity contribution in [3.8, 4) is 23.1 Å². The van der Waals surface area contributed by atoms with E-state index in [2.05, 4.69) is 32.4 Å². The minimum Gasteiger partial charge on any atom is -0.336 e. The Kier molecular flexibility index (Phi) is 6.37. The number of carbonyl (C=O) groups is 2. The highest BCUT2D eigenvalue weighted by Gasteiger charge is 2.20. The van der Waals surface area contributed by atoms with E-state index in [0.717, 1.165) is 28.0 Å². The van der Waals surface area contributed by atoms with E-state index in [9.17, 15) is 9.59 Å². The Labute approximate surface area is 197 Å². The van der Waals surface area contributed by atoms with Gasteiger partial charge in [-0.25, -0.2) is 9.97 Å². The van der Waals surface area contributed by atoms with E-state index in [4.69, 9.17) is 4.98 Å². The Hall–Kier alpha value is -4.51. The van der Waals surface area contributed by atoms with Crippen LogP contribution < -0.4 is 10.6 Å². The van der Waals surface area contributed by atoms with Crippen molar-refractivity contribution in [3.05, 3.63) is 77.6 Å². The van der Waals surface area contributed by atoms with Gasteiger partial charge in [0, 0.05) is 29.7 Å². The lowest BCUT2D eigenvalue weighted by atomic mass is 10.1. The molecule has 0 fully saturated rings. The van der Waals surface area contributed by atoms with Crippen LogP contribution in [0.3, 0.4) is 0 Å². The van der Waals surface area contributed by atoms with Crippen LogP contribution in [0.2, 0.25) is 0 Å². The second-order valence-electron chi connectivity index (χ2n) is 7.87. The molecule has 0 aliphatic carbocycles. The molecule has 2 N–H and O–H groups in total. The number of hydrogen-bond donors (Lipinski definition) is 2. The normalized spacial score (nSPS) is 11.4. The minimum atomic E-state index is -0.372. The molecule has 34 heavy (non-hydrogen) atoms. The fraction of sp³-hybridized carbons (Fsp3) is 0.192. The number of anilines is 1. The zero-order valence-electron chi connectivity index (χ0n) is 19.4. The molecule has 8 nitrogen and oxygen atoms in total. The summed E-state index contributed by atoms with van der Waals surface area (Å²) in [5.74, 6) is 5.65. The van der Waals surface area contributed by atoms with E-state index in [1.165, 1.54) is 0 Å². The zero-order valence-corrected chi connectivity index (χ0v) is 19.4. The predicted octanol–water partition coefficient (Wildman–Crippen LogP) is 3.86. The number of nitrogens with one attached hydrogen (secondary N) is 2. The Balaban J connectivity index is 1.66. The average molecular weight is 453 g/mol. The maximum atomic E-state index is 12.7. The first-order valence-electron chi connectivity index (χ1n) is 10.8. The molecule has 1 aromatic carbocycles. The second kappa shape index (κ2) is 9.55. The SMILES string of the molecule is CC#CC(=O)N[C@@H](C)c1nc(-c2ccc(C(=O)Nc3cc(C)ccn3)cc2)c2c(C)nccn12. The lowest BCUT2D eigenvalue weighted by Gasteiger charge is -2.10. The van der Waals surface area contributed by atoms with Gasteiger partial charge in [0.05, 0.1) is 22.9 Å². The molecule has 0 radical (unpaired) electrons. The van der Waals surface area contributed by atoms with Gasteiger partial charge in [0.1, 0.15) is 11.6 Å². The van der Waals surface area contributed by atoms with Gasteiger partial charge < -0.3 is 10.6 Å². The molecule has 0 bridgehead atoms. The fourth-order valence-electron chi connectivity index (χ4n) is 3.71. The van der Waals surface area contributed by atoms with Gasteiger partial charge in [-0.1, -0.05) is 18.1 Å². The van der Waals surface area contributed by atoms with Crippen LogP contribution >= 0.6 is 0 Å². The summed E-state index contributed by atoms with van der Waals surface area (Å²) in [6.07, 6.45) is 5.17. The molecule has 3 aromatic heterocycles. The molecular formula is C26H24N6O2. The number of aromatic nitrogens is 4. The highest BCUT2D eigenvalue weighted by atomic mass is 16.2. The van der Waals surface area contributed by atoms with E-state index in [1.54, 1.807) is 31.5 Å². The summed E-state index contributed by atoms with van der Waals surface area (Å²) in [5, 5.41) is 5.66. The third-order valence-electron chi connectivity index (χ3n) is 5.32. The number of carbonyl (C=O) groups excluding carboxylic acids is 2. The third-order valence-corrected chi connectivity index (χ3v) is 5.32. The summed E-state index contributed by atoms with van der Waals surface area (Å²) in [5.41, 5.74) is 4.70. The van der Waals surface area contributed by atoms with Crippen molar-refractivity contribution < 1.29 is 9.59 Å². The van der Waals surface area contributed by atoms with E-state index >= 15 is 0 Å². The van der Waals surface area contributed by atoms with Crippen LogP contribution in [0.4, 0.5) is 5.82 Å². The topological polar surface area (TPSA) is 101 Å². The molecule has 4 aromatic rings. The number of aryl methyl sites for hydroxylation is 2. The minimum absolute atomic E-state index is 0.244. The molecule has 0 aliphatic rings. The van der Waals surface area contributed by atoms with E-state index in [-0.39, 0.29) is 17.9 Å². The van der Waals surface area contributed by atoms with Crippen molar-refractivity contribution in [1.82, 2.24) is 24.7 Å². The molecule has 4 rings (SSSR count). The zero-order chi connectivity index (χ0) is 24.2. The number of imidazole rings is 1. The van der Waals surface area contributed by atoms with Crippen molar-refractivity contribution in [1.29, 1.82) is 0 Å². The Morgan fingerprint density at radius 2 is 1.82 bits per heavy atom. The molecule has 3 heterocycles. The third kappa shape index (κ3) is 4.64. The van der Waals surface area contributed by atoms with E-state index < -0.39 is 0 Å². The quantitative estimate of drug-likeness (QED) is 0.448. The molecule has 0 saturated heterocycles. The fourth-order valence-corrected chi connectivity index (χ4v) is 3.71. The smallest absolute Gasteiger partial charge is 0.296 e. The van der Waals surface area contributed by atoms with Crippen LogP contribution in [0, 0.1) is 25.7 Å². The average Bonchev–Trinajstić information content (AvgIpc) is 3.20. The highest BCUT2D eigenvalue weighted by Crippen LogP contribution is 2.29. The number of nitrogens with zero attached hydrogens (tertiary/aromatic N) is 4. The summed E-state index contributed by atoms with van der Waals surface area (Å²) < 4.78 is 1.92. The maximum Gasteiger partial charge on any atom is 0.296 e. The van der Waals surface area contributed by atoms with Crippen molar-refractivity contribution in [2.45, 2.75) is 33.7 Å². The monoisotopic (exact) mass is 452 g/mol. The first-order chi connectivity index (χ1) is 16.4. The lowest BCUT2D eigenvalue weighted by Crippen LogP contribution is -2.26. The van der Waals surface area contributed by atoms with Gasteiger partial charge in [0.2, 0.25) is 0 Å². The number of rotatable bonds is 5. The van der Waals surface area contributed by atoms with Crippen LogP contribution in [0.5, 0.6) is 0 Å². The van der Waals surface area contributed by atoms with Gasteiger partial charge in [-0.3, -0.25) is 19.0 Å². The van der Waals surface area contributed by atoms with Crippen LogP contribution in [0.25, 0.3) is 16.8 Å². The summed E-state index contributed by atoms with van der Waals surface area (Å²) >= 11 is 0. The number of hydrogen-bond acceptors (Lipinski definition) is 5. The summed E-state index contributed by atoms with van der Waals surface area (Å²) in [7, 11) is 0. The molecular weight excluding hydrogens is 428 g/mol. The molecule has 0 spiro atoms. The van der Waals surface area contributed by atoms with Crippen LogP contribution in [-0.4, -0.2) is 31.2 Å². The van der Waals surface area contributed by atoms with Gasteiger partial charge in [0.25, 0.3) is 11.8 Å². The van der Waals surface area contributed by atoms with Crippen LogP contribution in [0.15, 0.2) is 55.0 Å². The standard InChI is InChI=1S/C26H24N6O2/c1-5-6-22(33)29-18(4)25-31-23(24-17(3)27-13-14-32(24)25)19-7-9-20(10-8-19)26(34)30-21-15-16(2)11-12-28-21/h7-15,18H,1-4H3,(H,29,33)(H,28,30,34)/t18-/m0/s1. The molecule has 0 saturated carbocycles. The molecule has 170 valence electrons. The Morgan fingerprint density at radius 1 is 1.06 bits per heavy atom. The van der Waals surface area contributed by atoms with Crippen molar-refractivity contribution in [2.75, 3.05) is 5.32 Å². The number of amides is 2. The molecule has 2 amide bonds. The van der Waals surface area contributed by atoms with Crippen molar-refractivity contribution in [2.24, 2.45) is 0 Å². The molecule has 1 atom stereocenters. The van der Waals surface area contributed by atoms with Crippen LogP contribution in [0.1, 0.15) is 47.3 Å². The number of benzene rings is 1. The maximum absolute atomic E-state index is 12.7. The summed E-state index contributed by atoms with van der Waals surface area (Å²) in [4.78, 5) is 38.1. The molecule has 0 unspecified atom stereocenters. The van der Waals surface area contributed by atoms with Gasteiger partial charge in [0.15, 0.2) is 0 Å². The second-order valence-corrected chi connectivity index (χ2v) is 7.87.